The molecule has 0 saturated carbocycles. The molecule has 0 spiro atoms. The number of fused-ring (bicyclic) bond motifs is 5. The van der Waals surface area contributed by atoms with Gasteiger partial charge in [-0.1, -0.05) is 66.2 Å². The summed E-state index contributed by atoms with van der Waals surface area (Å²) >= 11 is 0. The lowest BCUT2D eigenvalue weighted by Gasteiger charge is -2.28. The highest BCUT2D eigenvalue weighted by Gasteiger charge is 2.35. The number of imidazole rings is 9. The Kier molecular flexibility index (Phi) is 10.7. The van der Waals surface area contributed by atoms with Crippen LogP contribution >= 0.6 is 0 Å². The van der Waals surface area contributed by atoms with Crippen LogP contribution < -0.4 is 23.5 Å². The molecule has 0 unspecified atom stereocenters. The monoisotopic (exact) mass is 1260 g/mol. The zero-order valence-corrected chi connectivity index (χ0v) is 55.3. The largest absolute Gasteiger partial charge is 0.352 e. The smallest absolute Gasteiger partial charge is 0.306 e. The molecule has 1 aliphatic rings. The zero-order valence-electron chi connectivity index (χ0n) is 76.3. The molecule has 3 aromatic carbocycles. The molecule has 0 bridgehead atoms. The number of para-hydroxylation sites is 2. The molecule has 478 valence electrons. The number of aromatic nitrogens is 16. The van der Waals surface area contributed by atoms with Crippen LogP contribution in [0.5, 0.6) is 0 Å². The summed E-state index contributed by atoms with van der Waals surface area (Å²) in [6.07, 6.45) is 12.8. The number of aryl methyl sites for hydroxylation is 21. The SMILES string of the molecule is [2H]C([2H])([2H])c1c[n+](C)c(-c2cn3c(C)c(C([2H])([2H])[2H])nc3n2C)cc1-c1ccccc1.[2H]C([2H])([2H])c1cc(C)ccc1-c1cc(-c2cn3c(C)c(C([2H])([2H])[2H])nc3n2C)[n+](C)cc1C([2H])([2H])[2H].[2H]C([2H])([2H])c1nc2n(C)c(-c3n(C)cc[n+]3C)cn2c1C.[2H]C([2H])([2H])c1nc2n(C)c(N3c4ccccc4N(C)[C@@H]3C)c(C)n2c1C. The highest BCUT2D eigenvalue weighted by atomic mass is 15.5. The van der Waals surface area contributed by atoms with Crippen molar-refractivity contribution in [2.45, 2.75) is 103 Å². The molecular weight excluding hydrogens is 1150 g/mol. The first kappa shape index (κ1) is 42.0. The summed E-state index contributed by atoms with van der Waals surface area (Å²) in [5, 5.41) is 0. The maximum Gasteiger partial charge on any atom is 0.306 e. The van der Waals surface area contributed by atoms with Gasteiger partial charge >= 0.3 is 5.82 Å². The average Bonchev–Trinajstić information content (AvgIpc) is 1.54. The van der Waals surface area contributed by atoms with Crippen LogP contribution in [-0.2, 0) is 56.4 Å². The van der Waals surface area contributed by atoms with Gasteiger partial charge in [0.05, 0.1) is 53.9 Å². The van der Waals surface area contributed by atoms with E-state index in [1.165, 1.54) is 11.9 Å². The van der Waals surface area contributed by atoms with E-state index in [-0.39, 0.29) is 45.6 Å². The molecule has 1 aliphatic heterocycles. The summed E-state index contributed by atoms with van der Waals surface area (Å²) in [6, 6.07) is 26.3. The maximum atomic E-state index is 8.13. The van der Waals surface area contributed by atoms with E-state index in [1.807, 2.05) is 154 Å². The van der Waals surface area contributed by atoms with Gasteiger partial charge in [0.2, 0.25) is 34.5 Å². The molecule has 15 rings (SSSR count). The summed E-state index contributed by atoms with van der Waals surface area (Å²) in [6.45, 7) is -3.24. The first-order valence-corrected chi connectivity index (χ1v) is 30.2. The first-order chi connectivity index (χ1) is 52.7. The van der Waals surface area contributed by atoms with Gasteiger partial charge in [-0.3, -0.25) is 22.2 Å². The Morgan fingerprint density at radius 3 is 1.44 bits per heavy atom. The summed E-state index contributed by atoms with van der Waals surface area (Å²) in [4.78, 5) is 22.0. The molecule has 14 aromatic rings. The van der Waals surface area contributed by atoms with Crippen molar-refractivity contribution < 1.29 is 42.5 Å². The van der Waals surface area contributed by atoms with Crippen molar-refractivity contribution in [3.63, 3.8) is 0 Å². The lowest BCUT2D eigenvalue weighted by atomic mass is 9.95. The van der Waals surface area contributed by atoms with Gasteiger partial charge in [-0.15, -0.1) is 0 Å². The predicted molar refractivity (Wildman–Crippen MR) is 374 cm³/mol. The Hall–Kier alpha value is -10.2. The summed E-state index contributed by atoms with van der Waals surface area (Å²) in [5.74, 6) is 4.28. The third-order valence-corrected chi connectivity index (χ3v) is 18.2. The van der Waals surface area contributed by atoms with Crippen molar-refractivity contribution in [1.29, 1.82) is 0 Å². The molecule has 0 radical (unpaired) electrons. The number of rotatable bonds is 6. The fraction of sp³-hybridized carbons (Fsp3) is 0.320. The van der Waals surface area contributed by atoms with E-state index < -0.39 is 48.0 Å². The van der Waals surface area contributed by atoms with Gasteiger partial charge in [0.15, 0.2) is 18.1 Å². The van der Waals surface area contributed by atoms with Crippen LogP contribution in [0.2, 0.25) is 0 Å². The number of hydrogen-bond acceptors (Lipinski definition) is 6. The van der Waals surface area contributed by atoms with E-state index in [0.717, 1.165) is 51.2 Å². The fourth-order valence-corrected chi connectivity index (χ4v) is 12.8. The first-order valence-electron chi connectivity index (χ1n) is 40.7. The van der Waals surface area contributed by atoms with E-state index in [4.69, 9.17) is 28.8 Å². The van der Waals surface area contributed by atoms with Crippen molar-refractivity contribution in [3.8, 4) is 56.5 Å². The molecule has 0 saturated heterocycles. The minimum absolute atomic E-state index is 0.0180. The standard InChI is InChI=1S/C23H27N4.C21H23N4.C18H23N5.C13H18N5/c1-14-8-9-19(15(2)10-14)20-11-21(25(6)12-16(20)3)22-13-27-18(5)17(4)24-23(27)26(22)7;1-14-12-23(4)19(11-18(14)17-9-7-6-8-10-17)20-13-25-16(3)15(2)22-21(25)24(20)5;1-11-12(2)22-13(3)17(21(6)18(22)19-11)23-14(4)20(5)15-9-7-8-10-16(15)23;1-9-10(2)18-8-11(17(5)13(18)14-9)12-15(3)6-7-16(12)4/h8-13H,1-7H3;6-13H,1-5H3;7-10,14H,1-6H3;6-8H,1-5H3/q2*+1;;+1/t;;14-;/m..0./s1/i2D3,3D3,4D3;1D3,2D3;2*1D3. The lowest BCUT2D eigenvalue weighted by molar-refractivity contribution is -0.661. The highest BCUT2D eigenvalue weighted by molar-refractivity contribution is 5.84. The van der Waals surface area contributed by atoms with Crippen molar-refractivity contribution in [1.82, 2.24) is 60.4 Å². The van der Waals surface area contributed by atoms with E-state index in [1.54, 1.807) is 108 Å². The topological polar surface area (TPSA) is 112 Å². The Morgan fingerprint density at radius 2 is 0.935 bits per heavy atom. The van der Waals surface area contributed by atoms with Gasteiger partial charge < -0.3 is 23.5 Å². The lowest BCUT2D eigenvalue weighted by Crippen LogP contribution is -2.36. The molecule has 0 fully saturated rings. The van der Waals surface area contributed by atoms with Gasteiger partial charge in [-0.05, 0) is 136 Å². The van der Waals surface area contributed by atoms with Crippen molar-refractivity contribution in [3.05, 3.63) is 202 Å². The van der Waals surface area contributed by atoms with Crippen molar-refractivity contribution in [2.24, 2.45) is 56.4 Å². The summed E-state index contributed by atoms with van der Waals surface area (Å²) < 4.78 is 187. The van der Waals surface area contributed by atoms with Crippen molar-refractivity contribution in [2.75, 3.05) is 16.8 Å². The minimum atomic E-state index is -2.49. The van der Waals surface area contributed by atoms with Crippen LogP contribution in [0.25, 0.3) is 79.7 Å². The van der Waals surface area contributed by atoms with Crippen molar-refractivity contribution >= 4 is 40.3 Å². The number of hydrogen-bond donors (Lipinski definition) is 0. The summed E-state index contributed by atoms with van der Waals surface area (Å²) in [5.41, 5.74) is 13.1. The number of pyridine rings is 2. The molecule has 0 aliphatic carbocycles. The molecular formula is C75H91N18+3. The molecule has 0 N–H and O–H groups in total. The molecule has 18 heteroatoms. The molecule has 11 aromatic heterocycles. The maximum absolute atomic E-state index is 8.13. The quantitative estimate of drug-likeness (QED) is 0.153. The third-order valence-electron chi connectivity index (χ3n) is 18.2. The number of anilines is 3. The van der Waals surface area contributed by atoms with Crippen LogP contribution in [0.1, 0.15) is 109 Å². The van der Waals surface area contributed by atoms with E-state index in [2.05, 4.69) is 55.8 Å². The van der Waals surface area contributed by atoms with Crippen LogP contribution in [0.4, 0.5) is 17.2 Å². The normalized spacial score (nSPS) is 17.2. The average molecular weight is 1270 g/mol. The van der Waals surface area contributed by atoms with Crippen LogP contribution in [0, 0.1) is 89.5 Å². The highest BCUT2D eigenvalue weighted by Crippen LogP contribution is 2.45. The number of nitrogens with zero attached hydrogens (tertiary/aromatic N) is 18. The number of benzene rings is 3. The Labute approximate surface area is 575 Å². The Balaban J connectivity index is 0.000000143. The second-order valence-electron chi connectivity index (χ2n) is 24.1. The minimum Gasteiger partial charge on any atom is -0.352 e. The third kappa shape index (κ3) is 10.5. The Bertz CT molecular complexity index is 6040. The van der Waals surface area contributed by atoms with Crippen LogP contribution in [-0.4, -0.2) is 73.6 Å². The molecule has 0 amide bonds. The molecule has 12 heterocycles. The van der Waals surface area contributed by atoms with E-state index >= 15 is 0 Å². The zero-order chi connectivity index (χ0) is 84.2. The summed E-state index contributed by atoms with van der Waals surface area (Å²) in [7, 11) is 17.0. The second-order valence-corrected chi connectivity index (χ2v) is 24.1. The fourth-order valence-electron chi connectivity index (χ4n) is 12.8. The van der Waals surface area contributed by atoms with Gasteiger partial charge in [0, 0.05) is 129 Å². The molecule has 93 heavy (non-hydrogen) atoms. The van der Waals surface area contributed by atoms with E-state index in [0.29, 0.717) is 74.0 Å². The Morgan fingerprint density at radius 1 is 0.452 bits per heavy atom. The second kappa shape index (κ2) is 23.8. The van der Waals surface area contributed by atoms with E-state index in [9.17, 15) is 0 Å². The van der Waals surface area contributed by atoms with Gasteiger partial charge in [-0.25, -0.2) is 29.1 Å². The molecule has 1 atom stereocenters. The molecule has 18 nitrogen and oxygen atoms in total. The van der Waals surface area contributed by atoms with Crippen LogP contribution in [0.3, 0.4) is 0 Å². The predicted octanol–water partition coefficient (Wildman–Crippen LogP) is 12.8. The van der Waals surface area contributed by atoms with Gasteiger partial charge in [-0.2, -0.15) is 9.13 Å². The van der Waals surface area contributed by atoms with Gasteiger partial charge in [0.1, 0.15) is 49.9 Å². The van der Waals surface area contributed by atoms with Crippen LogP contribution in [0.15, 0.2) is 128 Å². The van der Waals surface area contributed by atoms with Gasteiger partial charge in [0.25, 0.3) is 0 Å².